The quantitative estimate of drug-likeness (QED) is 0.435. The van der Waals surface area contributed by atoms with Gasteiger partial charge in [0, 0.05) is 6.07 Å². The van der Waals surface area contributed by atoms with Crippen molar-refractivity contribution in [3.05, 3.63) is 39.9 Å². The van der Waals surface area contributed by atoms with E-state index in [0.29, 0.717) is 0 Å². The largest absolute Gasteiger partial charge is 0.277 e. The summed E-state index contributed by atoms with van der Waals surface area (Å²) in [4.78, 5) is 9.63. The highest BCUT2D eigenvalue weighted by atomic mass is 16.6. The first kappa shape index (κ1) is 6.74. The van der Waals surface area contributed by atoms with Crippen LogP contribution in [0.3, 0.4) is 0 Å². The Balaban J connectivity index is 3.00. The van der Waals surface area contributed by atoms with Gasteiger partial charge in [-0.05, 0) is 13.0 Å². The highest BCUT2D eigenvalue weighted by Crippen LogP contribution is 2.09. The standard InChI is InChI=1S/C7H6NO2/c1-6-2-4-7(5-3-6)8(9)10/h2-4H,1H3. The normalized spacial score (nSPS) is 9.30. The van der Waals surface area contributed by atoms with Crippen molar-refractivity contribution in [1.82, 2.24) is 0 Å². The molecule has 0 heterocycles. The number of non-ortho nitro benzene ring substituents is 1. The second-order valence-corrected chi connectivity index (χ2v) is 2.01. The molecule has 0 saturated carbocycles. The zero-order valence-electron chi connectivity index (χ0n) is 5.50. The van der Waals surface area contributed by atoms with Crippen molar-refractivity contribution in [1.29, 1.82) is 0 Å². The van der Waals surface area contributed by atoms with E-state index in [2.05, 4.69) is 6.07 Å². The van der Waals surface area contributed by atoms with Crippen LogP contribution >= 0.6 is 0 Å². The van der Waals surface area contributed by atoms with Crippen LogP contribution in [0, 0.1) is 23.1 Å². The highest BCUT2D eigenvalue weighted by Gasteiger charge is 2.01. The molecule has 1 aromatic carbocycles. The van der Waals surface area contributed by atoms with E-state index in [4.69, 9.17) is 0 Å². The third kappa shape index (κ3) is 1.31. The highest BCUT2D eigenvalue weighted by molar-refractivity contribution is 5.30. The second-order valence-electron chi connectivity index (χ2n) is 2.01. The van der Waals surface area contributed by atoms with E-state index in [1.807, 2.05) is 6.92 Å². The van der Waals surface area contributed by atoms with Gasteiger partial charge in [0.1, 0.15) is 0 Å². The summed E-state index contributed by atoms with van der Waals surface area (Å²) >= 11 is 0. The predicted octanol–water partition coefficient (Wildman–Crippen LogP) is 1.70. The SMILES string of the molecule is Cc1c[c]c([N+](=O)[O-])cc1. The number of hydrogen-bond acceptors (Lipinski definition) is 2. The number of nitro groups is 1. The van der Waals surface area contributed by atoms with E-state index in [-0.39, 0.29) is 5.69 Å². The van der Waals surface area contributed by atoms with Crippen molar-refractivity contribution in [2.75, 3.05) is 0 Å². The molecule has 0 fully saturated rings. The molecule has 0 bridgehead atoms. The van der Waals surface area contributed by atoms with Gasteiger partial charge in [-0.15, -0.1) is 0 Å². The summed E-state index contributed by atoms with van der Waals surface area (Å²) in [6.45, 7) is 1.86. The third-order valence-electron chi connectivity index (χ3n) is 1.15. The van der Waals surface area contributed by atoms with Crippen molar-refractivity contribution in [2.24, 2.45) is 0 Å². The maximum atomic E-state index is 10.1. The van der Waals surface area contributed by atoms with Gasteiger partial charge in [-0.25, -0.2) is 0 Å². The average Bonchev–Trinajstić information content (AvgIpc) is 1.88. The third-order valence-corrected chi connectivity index (χ3v) is 1.15. The minimum atomic E-state index is -0.459. The number of benzene rings is 1. The van der Waals surface area contributed by atoms with E-state index in [9.17, 15) is 10.1 Å². The Kier molecular flexibility index (Phi) is 1.67. The van der Waals surface area contributed by atoms with Crippen LogP contribution in [0.15, 0.2) is 18.2 Å². The summed E-state index contributed by atoms with van der Waals surface area (Å²) in [7, 11) is 0. The van der Waals surface area contributed by atoms with Crippen LogP contribution < -0.4 is 0 Å². The molecule has 51 valence electrons. The van der Waals surface area contributed by atoms with Crippen molar-refractivity contribution >= 4 is 5.69 Å². The zero-order valence-corrected chi connectivity index (χ0v) is 5.50. The molecule has 3 heteroatoms. The van der Waals surface area contributed by atoms with Gasteiger partial charge in [0.25, 0.3) is 5.69 Å². The molecular formula is C7H6NO2. The molecule has 1 rings (SSSR count). The van der Waals surface area contributed by atoms with Crippen LogP contribution in [-0.4, -0.2) is 4.92 Å². The molecule has 0 aliphatic heterocycles. The average molecular weight is 136 g/mol. The van der Waals surface area contributed by atoms with E-state index < -0.39 is 4.92 Å². The Morgan fingerprint density at radius 1 is 1.60 bits per heavy atom. The molecule has 0 aromatic heterocycles. The van der Waals surface area contributed by atoms with Crippen LogP contribution in [0.25, 0.3) is 0 Å². The number of nitrogens with zero attached hydrogens (tertiary/aromatic N) is 1. The number of hydrogen-bond donors (Lipinski definition) is 0. The maximum absolute atomic E-state index is 10.1. The number of nitro benzene ring substituents is 1. The molecule has 0 spiro atoms. The van der Waals surface area contributed by atoms with E-state index >= 15 is 0 Å². The van der Waals surface area contributed by atoms with E-state index in [1.165, 1.54) is 6.07 Å². The summed E-state index contributed by atoms with van der Waals surface area (Å²) < 4.78 is 0. The molecule has 10 heavy (non-hydrogen) atoms. The molecule has 0 saturated heterocycles. The molecule has 0 atom stereocenters. The van der Waals surface area contributed by atoms with Gasteiger partial charge in [-0.2, -0.15) is 0 Å². The zero-order chi connectivity index (χ0) is 7.56. The van der Waals surface area contributed by atoms with E-state index in [1.54, 1.807) is 12.1 Å². The summed E-state index contributed by atoms with van der Waals surface area (Å²) in [6.07, 6.45) is 0. The first-order valence-electron chi connectivity index (χ1n) is 2.83. The Labute approximate surface area is 58.4 Å². The summed E-state index contributed by atoms with van der Waals surface area (Å²) in [5, 5.41) is 10.1. The Hall–Kier alpha value is -1.38. The fourth-order valence-electron chi connectivity index (χ4n) is 0.608. The van der Waals surface area contributed by atoms with Crippen LogP contribution in [-0.2, 0) is 0 Å². The first-order valence-corrected chi connectivity index (χ1v) is 2.83. The second kappa shape index (κ2) is 2.47. The molecule has 0 aliphatic carbocycles. The Morgan fingerprint density at radius 2 is 2.30 bits per heavy atom. The van der Waals surface area contributed by atoms with Crippen molar-refractivity contribution in [3.8, 4) is 0 Å². The molecule has 3 nitrogen and oxygen atoms in total. The van der Waals surface area contributed by atoms with Crippen LogP contribution in [0.5, 0.6) is 0 Å². The van der Waals surface area contributed by atoms with Gasteiger partial charge in [-0.1, -0.05) is 11.6 Å². The van der Waals surface area contributed by atoms with Gasteiger partial charge < -0.3 is 0 Å². The monoisotopic (exact) mass is 136 g/mol. The van der Waals surface area contributed by atoms with Crippen LogP contribution in [0.1, 0.15) is 5.56 Å². The fourth-order valence-corrected chi connectivity index (χ4v) is 0.608. The maximum Gasteiger partial charge on any atom is 0.277 e. The van der Waals surface area contributed by atoms with Crippen molar-refractivity contribution < 1.29 is 4.92 Å². The lowest BCUT2D eigenvalue weighted by Crippen LogP contribution is -1.86. The number of aryl methyl sites for hydroxylation is 1. The Bertz CT molecular complexity index is 240. The van der Waals surface area contributed by atoms with Crippen LogP contribution in [0.2, 0.25) is 0 Å². The molecule has 1 radical (unpaired) electrons. The summed E-state index contributed by atoms with van der Waals surface area (Å²) in [6, 6.07) is 7.26. The van der Waals surface area contributed by atoms with Crippen LogP contribution in [0.4, 0.5) is 5.69 Å². The minimum absolute atomic E-state index is 0.0191. The molecule has 0 aliphatic rings. The first-order chi connectivity index (χ1) is 4.70. The van der Waals surface area contributed by atoms with Crippen molar-refractivity contribution in [2.45, 2.75) is 6.92 Å². The smallest absolute Gasteiger partial charge is 0.258 e. The fraction of sp³-hybridized carbons (Fsp3) is 0.143. The lowest BCUT2D eigenvalue weighted by Gasteiger charge is -1.89. The van der Waals surface area contributed by atoms with Crippen molar-refractivity contribution in [3.63, 3.8) is 0 Å². The van der Waals surface area contributed by atoms with Gasteiger partial charge in [0.05, 0.1) is 11.0 Å². The topological polar surface area (TPSA) is 43.1 Å². The molecule has 0 N–H and O–H groups in total. The molecule has 0 amide bonds. The molecular weight excluding hydrogens is 130 g/mol. The lowest BCUT2D eigenvalue weighted by atomic mass is 10.2. The van der Waals surface area contributed by atoms with E-state index in [0.717, 1.165) is 5.56 Å². The summed E-state index contributed by atoms with van der Waals surface area (Å²) in [5.41, 5.74) is 0.996. The van der Waals surface area contributed by atoms with Gasteiger partial charge >= 0.3 is 0 Å². The Morgan fingerprint density at radius 3 is 2.70 bits per heavy atom. The minimum Gasteiger partial charge on any atom is -0.258 e. The van der Waals surface area contributed by atoms with Gasteiger partial charge in [-0.3, -0.25) is 10.1 Å². The molecule has 1 aromatic rings. The molecule has 0 unspecified atom stereocenters. The predicted molar refractivity (Wildman–Crippen MR) is 36.7 cm³/mol. The summed E-state index contributed by atoms with van der Waals surface area (Å²) in [5.74, 6) is 0. The number of rotatable bonds is 1. The van der Waals surface area contributed by atoms with Gasteiger partial charge in [0.2, 0.25) is 0 Å². The van der Waals surface area contributed by atoms with Gasteiger partial charge in [0.15, 0.2) is 0 Å². The lowest BCUT2D eigenvalue weighted by molar-refractivity contribution is -0.385.